The van der Waals surface area contributed by atoms with Gasteiger partial charge in [0, 0.05) is 34.9 Å². The van der Waals surface area contributed by atoms with E-state index in [4.69, 9.17) is 0 Å². The minimum Gasteiger partial charge on any atom is -0.310 e. The van der Waals surface area contributed by atoms with Crippen molar-refractivity contribution in [1.82, 2.24) is 4.98 Å². The molecule has 0 saturated carbocycles. The maximum Gasteiger partial charge on any atom is 0.0465 e. The molecule has 6 aromatic carbocycles. The monoisotopic (exact) mass is 590 g/mol. The largest absolute Gasteiger partial charge is 0.310 e. The summed E-state index contributed by atoms with van der Waals surface area (Å²) in [5.41, 5.74) is 15.8. The number of benzene rings is 6. The van der Waals surface area contributed by atoms with Gasteiger partial charge in [-0.25, -0.2) is 0 Å². The number of hydrogen-bond acceptors (Lipinski definition) is 2. The Morgan fingerprint density at radius 2 is 0.891 bits per heavy atom. The zero-order chi connectivity index (χ0) is 31.1. The number of nitrogens with zero attached hydrogens (tertiary/aromatic N) is 2. The third-order valence-electron chi connectivity index (χ3n) is 9.40. The standard InChI is InChI=1S/C44H34N2/c1-44(2)42-13-7-6-12-40(42)41-27-26-39(29-43(41)44)46(38-24-20-35(21-25-38)36-11-8-28-45-30-36)37-22-18-34(19-23-37)33-16-14-32(15-17-33)31-9-4-3-5-10-31/h3-30H,1-2H3. The molecule has 46 heavy (non-hydrogen) atoms. The van der Waals surface area contributed by atoms with E-state index in [1.165, 1.54) is 44.5 Å². The van der Waals surface area contributed by atoms with Crippen LogP contribution in [0, 0.1) is 0 Å². The smallest absolute Gasteiger partial charge is 0.0465 e. The molecule has 0 fully saturated rings. The van der Waals surface area contributed by atoms with E-state index in [0.717, 1.165) is 28.2 Å². The molecule has 0 spiro atoms. The molecule has 0 radical (unpaired) electrons. The summed E-state index contributed by atoms with van der Waals surface area (Å²) in [6.45, 7) is 4.68. The number of hydrogen-bond donors (Lipinski definition) is 0. The lowest BCUT2D eigenvalue weighted by Crippen LogP contribution is -2.16. The molecule has 0 N–H and O–H groups in total. The Labute approximate surface area is 271 Å². The highest BCUT2D eigenvalue weighted by atomic mass is 15.1. The molecular formula is C44H34N2. The van der Waals surface area contributed by atoms with Crippen molar-refractivity contribution in [2.75, 3.05) is 4.90 Å². The lowest BCUT2D eigenvalue weighted by Gasteiger charge is -2.28. The predicted molar refractivity (Wildman–Crippen MR) is 193 cm³/mol. The van der Waals surface area contributed by atoms with Crippen molar-refractivity contribution in [3.05, 3.63) is 181 Å². The minimum atomic E-state index is -0.0758. The predicted octanol–water partition coefficient (Wildman–Crippen LogP) is 11.9. The third-order valence-corrected chi connectivity index (χ3v) is 9.40. The van der Waals surface area contributed by atoms with Crippen LogP contribution in [-0.2, 0) is 5.41 Å². The zero-order valence-electron chi connectivity index (χ0n) is 26.1. The SMILES string of the molecule is CC1(C)c2ccccc2-c2ccc(N(c3ccc(-c4ccc(-c5ccccc5)cc4)cc3)c3ccc(-c4cccnc4)cc3)cc21. The van der Waals surface area contributed by atoms with Gasteiger partial charge in [0.15, 0.2) is 0 Å². The quantitative estimate of drug-likeness (QED) is 0.191. The Morgan fingerprint density at radius 3 is 1.50 bits per heavy atom. The van der Waals surface area contributed by atoms with Crippen LogP contribution in [0.25, 0.3) is 44.5 Å². The Balaban J connectivity index is 1.18. The van der Waals surface area contributed by atoms with Gasteiger partial charge >= 0.3 is 0 Å². The summed E-state index contributed by atoms with van der Waals surface area (Å²) in [6.07, 6.45) is 3.73. The fourth-order valence-corrected chi connectivity index (χ4v) is 6.90. The topological polar surface area (TPSA) is 16.1 Å². The average Bonchev–Trinajstić information content (AvgIpc) is 3.35. The van der Waals surface area contributed by atoms with Crippen LogP contribution in [0.4, 0.5) is 17.1 Å². The first-order chi connectivity index (χ1) is 22.6. The van der Waals surface area contributed by atoms with Crippen molar-refractivity contribution in [3.8, 4) is 44.5 Å². The van der Waals surface area contributed by atoms with Crippen LogP contribution in [0.3, 0.4) is 0 Å². The van der Waals surface area contributed by atoms with E-state index >= 15 is 0 Å². The fraction of sp³-hybridized carbons (Fsp3) is 0.0682. The molecule has 0 unspecified atom stereocenters. The van der Waals surface area contributed by atoms with Crippen molar-refractivity contribution in [2.45, 2.75) is 19.3 Å². The number of aromatic nitrogens is 1. The van der Waals surface area contributed by atoms with Crippen molar-refractivity contribution >= 4 is 17.1 Å². The van der Waals surface area contributed by atoms with E-state index in [0.29, 0.717) is 0 Å². The van der Waals surface area contributed by atoms with Gasteiger partial charge in [0.25, 0.3) is 0 Å². The van der Waals surface area contributed by atoms with E-state index in [9.17, 15) is 0 Å². The van der Waals surface area contributed by atoms with Crippen LogP contribution in [0.1, 0.15) is 25.0 Å². The van der Waals surface area contributed by atoms with Gasteiger partial charge in [-0.05, 0) is 98.1 Å². The summed E-state index contributed by atoms with van der Waals surface area (Å²) in [7, 11) is 0. The first-order valence-electron chi connectivity index (χ1n) is 15.9. The van der Waals surface area contributed by atoms with Gasteiger partial charge in [-0.1, -0.05) is 129 Å². The van der Waals surface area contributed by atoms with Crippen molar-refractivity contribution in [2.24, 2.45) is 0 Å². The van der Waals surface area contributed by atoms with Crippen LogP contribution in [0.15, 0.2) is 170 Å². The van der Waals surface area contributed by atoms with Gasteiger partial charge in [-0.3, -0.25) is 4.98 Å². The fourth-order valence-electron chi connectivity index (χ4n) is 6.90. The average molecular weight is 591 g/mol. The van der Waals surface area contributed by atoms with Crippen LogP contribution < -0.4 is 4.90 Å². The second kappa shape index (κ2) is 11.3. The van der Waals surface area contributed by atoms with E-state index < -0.39 is 0 Å². The lowest BCUT2D eigenvalue weighted by atomic mass is 9.82. The molecule has 2 nitrogen and oxygen atoms in total. The Morgan fingerprint density at radius 1 is 0.413 bits per heavy atom. The molecule has 0 amide bonds. The Hall–Kier alpha value is -5.73. The summed E-state index contributed by atoms with van der Waals surface area (Å²) in [6, 6.07) is 57.0. The van der Waals surface area contributed by atoms with Gasteiger partial charge in [0.1, 0.15) is 0 Å². The van der Waals surface area contributed by atoms with E-state index in [2.05, 4.69) is 175 Å². The van der Waals surface area contributed by atoms with E-state index in [1.54, 1.807) is 0 Å². The highest BCUT2D eigenvalue weighted by molar-refractivity contribution is 5.86. The Kier molecular flexibility index (Phi) is 6.84. The highest BCUT2D eigenvalue weighted by Gasteiger charge is 2.35. The molecule has 0 bridgehead atoms. The van der Waals surface area contributed by atoms with Gasteiger partial charge in [-0.15, -0.1) is 0 Å². The van der Waals surface area contributed by atoms with Crippen molar-refractivity contribution in [3.63, 3.8) is 0 Å². The second-order valence-corrected chi connectivity index (χ2v) is 12.5. The molecule has 1 heterocycles. The molecule has 1 aliphatic rings. The molecule has 7 aromatic rings. The molecular weight excluding hydrogens is 556 g/mol. The molecule has 8 rings (SSSR count). The summed E-state index contributed by atoms with van der Waals surface area (Å²) in [4.78, 5) is 6.69. The molecule has 1 aromatic heterocycles. The second-order valence-electron chi connectivity index (χ2n) is 12.5. The Bertz CT molecular complexity index is 2130. The first kappa shape index (κ1) is 27.8. The number of rotatable bonds is 6. The molecule has 220 valence electrons. The summed E-state index contributed by atoms with van der Waals surface area (Å²) < 4.78 is 0. The maximum absolute atomic E-state index is 4.32. The van der Waals surface area contributed by atoms with Crippen LogP contribution in [0.5, 0.6) is 0 Å². The van der Waals surface area contributed by atoms with Crippen LogP contribution >= 0.6 is 0 Å². The third kappa shape index (κ3) is 4.89. The molecule has 0 aliphatic heterocycles. The number of pyridine rings is 1. The van der Waals surface area contributed by atoms with Crippen molar-refractivity contribution < 1.29 is 0 Å². The number of fused-ring (bicyclic) bond motifs is 3. The van der Waals surface area contributed by atoms with E-state index in [1.807, 2.05) is 18.5 Å². The molecule has 0 atom stereocenters. The molecule has 2 heteroatoms. The van der Waals surface area contributed by atoms with Gasteiger partial charge in [-0.2, -0.15) is 0 Å². The minimum absolute atomic E-state index is 0.0758. The molecule has 1 aliphatic carbocycles. The van der Waals surface area contributed by atoms with Gasteiger partial charge in [0.2, 0.25) is 0 Å². The highest BCUT2D eigenvalue weighted by Crippen LogP contribution is 2.50. The van der Waals surface area contributed by atoms with Crippen molar-refractivity contribution in [1.29, 1.82) is 0 Å². The van der Waals surface area contributed by atoms with Crippen LogP contribution in [0.2, 0.25) is 0 Å². The summed E-state index contributed by atoms with van der Waals surface area (Å²) in [5.74, 6) is 0. The summed E-state index contributed by atoms with van der Waals surface area (Å²) >= 11 is 0. The summed E-state index contributed by atoms with van der Waals surface area (Å²) in [5, 5.41) is 0. The normalized spacial score (nSPS) is 12.7. The number of anilines is 3. The maximum atomic E-state index is 4.32. The van der Waals surface area contributed by atoms with Gasteiger partial charge < -0.3 is 4.90 Å². The van der Waals surface area contributed by atoms with E-state index in [-0.39, 0.29) is 5.41 Å². The lowest BCUT2D eigenvalue weighted by molar-refractivity contribution is 0.660. The zero-order valence-corrected chi connectivity index (χ0v) is 26.1. The molecule has 0 saturated heterocycles. The first-order valence-corrected chi connectivity index (χ1v) is 15.9. The van der Waals surface area contributed by atoms with Gasteiger partial charge in [0.05, 0.1) is 0 Å². The van der Waals surface area contributed by atoms with Crippen LogP contribution in [-0.4, -0.2) is 4.98 Å².